The lowest BCUT2D eigenvalue weighted by molar-refractivity contribution is -0.121. The molecule has 3 nitrogen and oxygen atoms in total. The van der Waals surface area contributed by atoms with Crippen molar-refractivity contribution >= 4 is 11.6 Å². The zero-order valence-electron chi connectivity index (χ0n) is 9.91. The van der Waals surface area contributed by atoms with Crippen LogP contribution in [-0.4, -0.2) is 5.91 Å². The van der Waals surface area contributed by atoms with E-state index in [9.17, 15) is 4.79 Å². The number of benzene rings is 1. The van der Waals surface area contributed by atoms with Gasteiger partial charge >= 0.3 is 0 Å². The first-order chi connectivity index (χ1) is 8.20. The van der Waals surface area contributed by atoms with Gasteiger partial charge in [-0.05, 0) is 42.5 Å². The van der Waals surface area contributed by atoms with Crippen LogP contribution in [-0.2, 0) is 11.2 Å². The van der Waals surface area contributed by atoms with Crippen LogP contribution in [0.25, 0.3) is 0 Å². The van der Waals surface area contributed by atoms with Gasteiger partial charge in [-0.25, -0.2) is 0 Å². The fourth-order valence-corrected chi connectivity index (χ4v) is 2.37. The molecule has 0 saturated carbocycles. The van der Waals surface area contributed by atoms with Crippen LogP contribution in [0.1, 0.15) is 36.4 Å². The van der Waals surface area contributed by atoms with E-state index >= 15 is 0 Å². The second-order valence-electron chi connectivity index (χ2n) is 4.46. The van der Waals surface area contributed by atoms with Crippen molar-refractivity contribution in [1.82, 2.24) is 5.32 Å². The van der Waals surface area contributed by atoms with Crippen LogP contribution in [0.2, 0.25) is 0 Å². The summed E-state index contributed by atoms with van der Waals surface area (Å²) in [5.41, 5.74) is 9.04. The highest BCUT2D eigenvalue weighted by atomic mass is 16.1. The van der Waals surface area contributed by atoms with E-state index in [-0.39, 0.29) is 11.9 Å². The molecule has 0 spiro atoms. The van der Waals surface area contributed by atoms with Gasteiger partial charge in [0.1, 0.15) is 0 Å². The average molecular weight is 230 g/mol. The summed E-state index contributed by atoms with van der Waals surface area (Å²) in [6, 6.07) is 6.08. The number of nitrogen functional groups attached to an aromatic ring is 1. The molecule has 1 aliphatic carbocycles. The molecule has 0 fully saturated rings. The third kappa shape index (κ3) is 2.67. The molecule has 0 aromatic heterocycles. The summed E-state index contributed by atoms with van der Waals surface area (Å²) >= 11 is 0. The van der Waals surface area contributed by atoms with E-state index in [0.717, 1.165) is 24.9 Å². The smallest absolute Gasteiger partial charge is 0.224 e. The first-order valence-corrected chi connectivity index (χ1v) is 5.99. The van der Waals surface area contributed by atoms with Crippen LogP contribution in [0, 0.1) is 0 Å². The van der Waals surface area contributed by atoms with E-state index < -0.39 is 0 Å². The lowest BCUT2D eigenvalue weighted by Crippen LogP contribution is -2.30. The highest BCUT2D eigenvalue weighted by Crippen LogP contribution is 2.30. The van der Waals surface area contributed by atoms with Crippen molar-refractivity contribution in [1.29, 1.82) is 0 Å². The number of hydrogen-bond acceptors (Lipinski definition) is 2. The van der Waals surface area contributed by atoms with Gasteiger partial charge < -0.3 is 11.1 Å². The van der Waals surface area contributed by atoms with Crippen LogP contribution < -0.4 is 11.1 Å². The molecule has 0 heterocycles. The van der Waals surface area contributed by atoms with Gasteiger partial charge in [-0.15, -0.1) is 6.58 Å². The highest BCUT2D eigenvalue weighted by Gasteiger charge is 2.21. The summed E-state index contributed by atoms with van der Waals surface area (Å²) in [6.45, 7) is 3.57. The predicted octanol–water partition coefficient (Wildman–Crippen LogP) is 2.34. The minimum Gasteiger partial charge on any atom is -0.399 e. The molecule has 0 bridgehead atoms. The van der Waals surface area contributed by atoms with Crippen LogP contribution in [0.4, 0.5) is 5.69 Å². The van der Waals surface area contributed by atoms with Gasteiger partial charge in [-0.2, -0.15) is 0 Å². The molecule has 3 heteroatoms. The maximum atomic E-state index is 11.6. The van der Waals surface area contributed by atoms with E-state index in [1.165, 1.54) is 11.1 Å². The summed E-state index contributed by atoms with van der Waals surface area (Å²) in [5, 5.41) is 3.04. The number of anilines is 1. The van der Waals surface area contributed by atoms with Gasteiger partial charge in [0, 0.05) is 12.1 Å². The van der Waals surface area contributed by atoms with Crippen LogP contribution in [0.5, 0.6) is 0 Å². The Labute approximate surface area is 102 Å². The van der Waals surface area contributed by atoms with Gasteiger partial charge in [0.15, 0.2) is 0 Å². The molecule has 1 amide bonds. The summed E-state index contributed by atoms with van der Waals surface area (Å²) in [7, 11) is 0. The molecule has 0 saturated heterocycles. The predicted molar refractivity (Wildman–Crippen MR) is 69.5 cm³/mol. The Morgan fingerprint density at radius 1 is 1.59 bits per heavy atom. The monoisotopic (exact) mass is 230 g/mol. The highest BCUT2D eigenvalue weighted by molar-refractivity contribution is 5.78. The Morgan fingerprint density at radius 3 is 3.18 bits per heavy atom. The van der Waals surface area contributed by atoms with Gasteiger partial charge in [-0.3, -0.25) is 4.79 Å². The maximum absolute atomic E-state index is 11.6. The lowest BCUT2D eigenvalue weighted by Gasteiger charge is -2.26. The van der Waals surface area contributed by atoms with Crippen molar-refractivity contribution in [3.05, 3.63) is 42.0 Å². The number of aryl methyl sites for hydroxylation is 1. The first-order valence-electron chi connectivity index (χ1n) is 5.99. The van der Waals surface area contributed by atoms with Crippen LogP contribution in [0.15, 0.2) is 30.9 Å². The molecule has 90 valence electrons. The Bertz CT molecular complexity index is 440. The Balaban J connectivity index is 2.17. The minimum absolute atomic E-state index is 0.0367. The maximum Gasteiger partial charge on any atom is 0.224 e. The molecular formula is C14H18N2O. The zero-order chi connectivity index (χ0) is 12.3. The standard InChI is InChI=1S/C14H18N2O/c1-2-4-14(17)16-13-6-3-5-10-9-11(15)7-8-12(10)13/h2,7-9,13H,1,3-6,15H2,(H,16,17). The number of fused-ring (bicyclic) bond motifs is 1. The molecule has 0 aliphatic heterocycles. The normalized spacial score (nSPS) is 18.2. The van der Waals surface area contributed by atoms with Crippen molar-refractivity contribution in [3.8, 4) is 0 Å². The Kier molecular flexibility index (Phi) is 3.47. The second kappa shape index (κ2) is 5.04. The molecule has 1 atom stereocenters. The lowest BCUT2D eigenvalue weighted by atomic mass is 9.87. The van der Waals surface area contributed by atoms with E-state index in [1.807, 2.05) is 18.2 Å². The number of carbonyl (C=O) groups excluding carboxylic acids is 1. The molecule has 2 rings (SSSR count). The molecule has 1 aromatic rings. The van der Waals surface area contributed by atoms with Gasteiger partial charge in [0.05, 0.1) is 6.04 Å². The fourth-order valence-electron chi connectivity index (χ4n) is 2.37. The van der Waals surface area contributed by atoms with E-state index in [0.29, 0.717) is 6.42 Å². The number of amides is 1. The van der Waals surface area contributed by atoms with Crippen molar-refractivity contribution in [3.63, 3.8) is 0 Å². The third-order valence-electron chi connectivity index (χ3n) is 3.15. The summed E-state index contributed by atoms with van der Waals surface area (Å²) in [4.78, 5) is 11.6. The quantitative estimate of drug-likeness (QED) is 0.618. The van der Waals surface area contributed by atoms with E-state index in [4.69, 9.17) is 5.73 Å². The number of rotatable bonds is 3. The van der Waals surface area contributed by atoms with E-state index in [1.54, 1.807) is 6.08 Å². The number of carbonyl (C=O) groups is 1. The SMILES string of the molecule is C=CCC(=O)NC1CCCc2cc(N)ccc21. The van der Waals surface area contributed by atoms with Crippen molar-refractivity contribution in [2.24, 2.45) is 0 Å². The van der Waals surface area contributed by atoms with Gasteiger partial charge in [0.2, 0.25) is 5.91 Å². The molecule has 1 aromatic carbocycles. The first kappa shape index (κ1) is 11.7. The molecule has 1 aliphatic rings. The van der Waals surface area contributed by atoms with Gasteiger partial charge in [0.25, 0.3) is 0 Å². The minimum atomic E-state index is 0.0367. The number of nitrogens with one attached hydrogen (secondary N) is 1. The number of hydrogen-bond donors (Lipinski definition) is 2. The average Bonchev–Trinajstić information content (AvgIpc) is 2.29. The Hall–Kier alpha value is -1.77. The molecule has 17 heavy (non-hydrogen) atoms. The summed E-state index contributed by atoms with van der Waals surface area (Å²) < 4.78 is 0. The largest absolute Gasteiger partial charge is 0.399 e. The molecular weight excluding hydrogens is 212 g/mol. The molecule has 3 N–H and O–H groups in total. The van der Waals surface area contributed by atoms with Crippen LogP contribution >= 0.6 is 0 Å². The Morgan fingerprint density at radius 2 is 2.41 bits per heavy atom. The fraction of sp³-hybridized carbons (Fsp3) is 0.357. The topological polar surface area (TPSA) is 55.1 Å². The van der Waals surface area contributed by atoms with Crippen molar-refractivity contribution < 1.29 is 4.79 Å². The molecule has 1 unspecified atom stereocenters. The summed E-state index contributed by atoms with van der Waals surface area (Å²) in [6.07, 6.45) is 5.15. The third-order valence-corrected chi connectivity index (χ3v) is 3.15. The van der Waals surface area contributed by atoms with E-state index in [2.05, 4.69) is 11.9 Å². The summed E-state index contributed by atoms with van der Waals surface area (Å²) in [5.74, 6) is 0.0367. The van der Waals surface area contributed by atoms with Crippen LogP contribution in [0.3, 0.4) is 0 Å². The molecule has 0 radical (unpaired) electrons. The van der Waals surface area contributed by atoms with Crippen molar-refractivity contribution in [2.75, 3.05) is 5.73 Å². The van der Waals surface area contributed by atoms with Gasteiger partial charge in [-0.1, -0.05) is 12.1 Å². The number of nitrogens with two attached hydrogens (primary N) is 1. The second-order valence-corrected chi connectivity index (χ2v) is 4.46. The zero-order valence-corrected chi connectivity index (χ0v) is 9.91. The van der Waals surface area contributed by atoms with Crippen molar-refractivity contribution in [2.45, 2.75) is 31.7 Å².